The van der Waals surface area contributed by atoms with Crippen molar-refractivity contribution in [2.75, 3.05) is 12.4 Å². The van der Waals surface area contributed by atoms with Crippen LogP contribution in [0, 0.1) is 5.41 Å². The van der Waals surface area contributed by atoms with Crippen molar-refractivity contribution in [2.45, 2.75) is 6.92 Å². The standard InChI is InChI=1S/C7H9NO3S/c1-2-11-7(10)5-4(9)3-12-6(5)8/h8-9H,2-3H2,1H3. The molecule has 0 aromatic carbocycles. The minimum Gasteiger partial charge on any atom is -0.510 e. The number of nitrogens with one attached hydrogen (secondary N) is 1. The van der Waals surface area contributed by atoms with Crippen LogP contribution in [0.25, 0.3) is 0 Å². The van der Waals surface area contributed by atoms with Crippen molar-refractivity contribution >= 4 is 22.8 Å². The van der Waals surface area contributed by atoms with Gasteiger partial charge in [-0.1, -0.05) is 11.8 Å². The first-order valence-electron chi connectivity index (χ1n) is 3.47. The van der Waals surface area contributed by atoms with Gasteiger partial charge in [0.2, 0.25) is 0 Å². The predicted octanol–water partition coefficient (Wildman–Crippen LogP) is 1.09. The third-order valence-electron chi connectivity index (χ3n) is 1.35. The van der Waals surface area contributed by atoms with E-state index in [1.165, 1.54) is 0 Å². The molecule has 0 aliphatic carbocycles. The van der Waals surface area contributed by atoms with Crippen LogP contribution in [-0.2, 0) is 9.53 Å². The number of aliphatic hydroxyl groups is 1. The summed E-state index contributed by atoms with van der Waals surface area (Å²) in [4.78, 5) is 11.1. The van der Waals surface area contributed by atoms with Gasteiger partial charge in [0, 0.05) is 0 Å². The molecule has 4 nitrogen and oxygen atoms in total. The van der Waals surface area contributed by atoms with Crippen molar-refractivity contribution in [1.29, 1.82) is 5.41 Å². The van der Waals surface area contributed by atoms with Gasteiger partial charge in [-0.25, -0.2) is 4.79 Å². The minimum atomic E-state index is -0.606. The number of carbonyl (C=O) groups is 1. The predicted molar refractivity (Wildman–Crippen MR) is 46.5 cm³/mol. The SMILES string of the molecule is CCOC(=O)C1=C(O)CSC1=N. The molecule has 0 saturated carbocycles. The van der Waals surface area contributed by atoms with Gasteiger partial charge in [0.1, 0.15) is 16.4 Å². The van der Waals surface area contributed by atoms with E-state index in [1.807, 2.05) is 0 Å². The Labute approximate surface area is 74.1 Å². The molecule has 1 rings (SSSR count). The molecular formula is C7H9NO3S. The average molecular weight is 187 g/mol. The second kappa shape index (κ2) is 3.62. The minimum absolute atomic E-state index is 0.0156. The first kappa shape index (κ1) is 9.12. The molecule has 1 heterocycles. The number of rotatable bonds is 2. The van der Waals surface area contributed by atoms with Crippen molar-refractivity contribution in [3.63, 3.8) is 0 Å². The molecule has 1 aliphatic heterocycles. The fraction of sp³-hybridized carbons (Fsp3) is 0.429. The fourth-order valence-corrected chi connectivity index (χ4v) is 1.60. The van der Waals surface area contributed by atoms with Crippen LogP contribution in [0.3, 0.4) is 0 Å². The lowest BCUT2D eigenvalue weighted by Crippen LogP contribution is -2.12. The zero-order chi connectivity index (χ0) is 9.14. The first-order chi connectivity index (χ1) is 5.66. The fourth-order valence-electron chi connectivity index (χ4n) is 0.830. The zero-order valence-electron chi connectivity index (χ0n) is 6.59. The van der Waals surface area contributed by atoms with Crippen molar-refractivity contribution in [1.82, 2.24) is 0 Å². The molecule has 2 N–H and O–H groups in total. The van der Waals surface area contributed by atoms with Crippen LogP contribution in [-0.4, -0.2) is 28.5 Å². The molecule has 0 fully saturated rings. The van der Waals surface area contributed by atoms with E-state index in [1.54, 1.807) is 6.92 Å². The lowest BCUT2D eigenvalue weighted by atomic mass is 10.2. The number of ether oxygens (including phenoxy) is 1. The Bertz CT molecular complexity index is 259. The molecule has 0 saturated heterocycles. The van der Waals surface area contributed by atoms with Gasteiger partial charge >= 0.3 is 5.97 Å². The molecule has 0 atom stereocenters. The van der Waals surface area contributed by atoms with Crippen LogP contribution in [0.15, 0.2) is 11.3 Å². The van der Waals surface area contributed by atoms with E-state index < -0.39 is 5.97 Å². The molecule has 0 bridgehead atoms. The molecule has 0 radical (unpaired) electrons. The highest BCUT2D eigenvalue weighted by Gasteiger charge is 2.27. The van der Waals surface area contributed by atoms with E-state index in [0.29, 0.717) is 5.75 Å². The molecule has 12 heavy (non-hydrogen) atoms. The maximum Gasteiger partial charge on any atom is 0.344 e. The lowest BCUT2D eigenvalue weighted by molar-refractivity contribution is -0.138. The summed E-state index contributed by atoms with van der Waals surface area (Å²) < 4.78 is 4.66. The smallest absolute Gasteiger partial charge is 0.344 e. The Kier molecular flexibility index (Phi) is 2.75. The van der Waals surface area contributed by atoms with Gasteiger partial charge in [-0.2, -0.15) is 0 Å². The molecule has 0 aromatic rings. The average Bonchev–Trinajstić information content (AvgIpc) is 2.32. The summed E-state index contributed by atoms with van der Waals surface area (Å²) in [5, 5.41) is 16.6. The van der Waals surface area contributed by atoms with Gasteiger partial charge in [-0.05, 0) is 6.92 Å². The summed E-state index contributed by atoms with van der Waals surface area (Å²) in [6, 6.07) is 0. The van der Waals surface area contributed by atoms with Crippen molar-refractivity contribution < 1.29 is 14.6 Å². The highest BCUT2D eigenvalue weighted by Crippen LogP contribution is 2.25. The summed E-state index contributed by atoms with van der Waals surface area (Å²) in [5.74, 6) is -0.360. The quantitative estimate of drug-likeness (QED) is 0.635. The number of thioether (sulfide) groups is 1. The van der Waals surface area contributed by atoms with E-state index in [0.717, 1.165) is 11.8 Å². The summed E-state index contributed by atoms with van der Waals surface area (Å²) in [6.45, 7) is 1.94. The maximum absolute atomic E-state index is 11.1. The number of hydrogen-bond donors (Lipinski definition) is 2. The molecular weight excluding hydrogens is 178 g/mol. The van der Waals surface area contributed by atoms with Crippen LogP contribution >= 0.6 is 11.8 Å². The zero-order valence-corrected chi connectivity index (χ0v) is 7.40. The lowest BCUT2D eigenvalue weighted by Gasteiger charge is -2.01. The molecule has 5 heteroatoms. The third kappa shape index (κ3) is 1.61. The second-order valence-electron chi connectivity index (χ2n) is 2.16. The molecule has 0 aromatic heterocycles. The van der Waals surface area contributed by atoms with Gasteiger partial charge in [-0.3, -0.25) is 5.41 Å². The maximum atomic E-state index is 11.1. The van der Waals surface area contributed by atoms with Gasteiger partial charge in [0.25, 0.3) is 0 Å². The first-order valence-corrected chi connectivity index (χ1v) is 4.46. The molecule has 1 aliphatic rings. The van der Waals surface area contributed by atoms with Gasteiger partial charge in [0.05, 0.1) is 12.4 Å². The Morgan fingerprint density at radius 3 is 2.92 bits per heavy atom. The molecule has 0 unspecified atom stereocenters. The summed E-state index contributed by atoms with van der Waals surface area (Å²) in [5.41, 5.74) is 0.0156. The highest BCUT2D eigenvalue weighted by atomic mass is 32.2. The monoisotopic (exact) mass is 187 g/mol. The number of aliphatic hydroxyl groups excluding tert-OH is 1. The number of hydrogen-bond acceptors (Lipinski definition) is 5. The van der Waals surface area contributed by atoms with Gasteiger partial charge in [0.15, 0.2) is 0 Å². The van der Waals surface area contributed by atoms with E-state index in [4.69, 9.17) is 5.41 Å². The van der Waals surface area contributed by atoms with Crippen molar-refractivity contribution in [3.8, 4) is 0 Å². The third-order valence-corrected chi connectivity index (χ3v) is 2.26. The van der Waals surface area contributed by atoms with Gasteiger partial charge < -0.3 is 9.84 Å². The topological polar surface area (TPSA) is 70.4 Å². The number of carbonyl (C=O) groups excluding carboxylic acids is 1. The van der Waals surface area contributed by atoms with Crippen LogP contribution in [0.5, 0.6) is 0 Å². The van der Waals surface area contributed by atoms with E-state index >= 15 is 0 Å². The van der Waals surface area contributed by atoms with Gasteiger partial charge in [-0.15, -0.1) is 0 Å². The van der Waals surface area contributed by atoms with E-state index in [2.05, 4.69) is 4.74 Å². The van der Waals surface area contributed by atoms with Crippen LogP contribution in [0.1, 0.15) is 6.92 Å². The van der Waals surface area contributed by atoms with E-state index in [-0.39, 0.29) is 23.0 Å². The highest BCUT2D eigenvalue weighted by molar-refractivity contribution is 8.15. The normalized spacial score (nSPS) is 16.9. The Hall–Kier alpha value is -0.970. The van der Waals surface area contributed by atoms with Crippen molar-refractivity contribution in [3.05, 3.63) is 11.3 Å². The summed E-state index contributed by atoms with van der Waals surface area (Å²) in [6.07, 6.45) is 0. The van der Waals surface area contributed by atoms with Crippen LogP contribution in [0.2, 0.25) is 0 Å². The van der Waals surface area contributed by atoms with E-state index in [9.17, 15) is 9.90 Å². The summed E-state index contributed by atoms with van der Waals surface area (Å²) >= 11 is 1.13. The largest absolute Gasteiger partial charge is 0.510 e. The Morgan fingerprint density at radius 2 is 2.50 bits per heavy atom. The Morgan fingerprint density at radius 1 is 1.83 bits per heavy atom. The molecule has 66 valence electrons. The second-order valence-corrected chi connectivity index (χ2v) is 3.15. The molecule has 0 amide bonds. The summed E-state index contributed by atoms with van der Waals surface area (Å²) in [7, 11) is 0. The molecule has 0 spiro atoms. The van der Waals surface area contributed by atoms with Crippen molar-refractivity contribution in [2.24, 2.45) is 0 Å². The van der Waals surface area contributed by atoms with Crippen LogP contribution in [0.4, 0.5) is 0 Å². The van der Waals surface area contributed by atoms with Crippen LogP contribution < -0.4 is 0 Å². The Balaban J connectivity index is 2.79. The number of esters is 1.